The Hall–Kier alpha value is -2.46. The van der Waals surface area contributed by atoms with Crippen LogP contribution in [0.2, 0.25) is 0 Å². The number of fused-ring (bicyclic) bond motifs is 1. The molecule has 0 spiro atoms. The number of carbonyl (C=O) groups is 1. The number of sulfonamides is 1. The van der Waals surface area contributed by atoms with E-state index in [4.69, 9.17) is 0 Å². The monoisotopic (exact) mass is 444 g/mol. The lowest BCUT2D eigenvalue weighted by molar-refractivity contribution is -0.186. The maximum atomic E-state index is 13.0. The van der Waals surface area contributed by atoms with Crippen LogP contribution in [0.5, 0.6) is 0 Å². The van der Waals surface area contributed by atoms with Gasteiger partial charge in [0.25, 0.3) is 0 Å². The smallest absolute Gasteiger partial charge is 0.330 e. The Bertz CT molecular complexity index is 1040. The minimum Gasteiger partial charge on any atom is -0.330 e. The van der Waals surface area contributed by atoms with Crippen molar-refractivity contribution in [1.82, 2.24) is 9.62 Å². The lowest BCUT2D eigenvalue weighted by atomic mass is 10.00. The quantitative estimate of drug-likeness (QED) is 0.720. The van der Waals surface area contributed by atoms with Gasteiger partial charge in [0, 0.05) is 19.6 Å². The Morgan fingerprint density at radius 2 is 1.80 bits per heavy atom. The molecule has 3 rings (SSSR count). The largest absolute Gasteiger partial charge is 0.471 e. The molecule has 162 valence electrons. The number of hydrogen-bond donors (Lipinski definition) is 1. The SMILES string of the molecule is CC(CNS(=O)(=O)c1ccc2c(c1)CN(C(=O)C(F)(F)F)CC2)c1ccc(F)cc1. The van der Waals surface area contributed by atoms with Crippen LogP contribution >= 0.6 is 0 Å². The normalized spacial score (nSPS) is 15.6. The molecule has 1 heterocycles. The molecular weight excluding hydrogens is 424 g/mol. The summed E-state index contributed by atoms with van der Waals surface area (Å²) in [7, 11) is -3.92. The summed E-state index contributed by atoms with van der Waals surface area (Å²) in [4.78, 5) is 12.1. The van der Waals surface area contributed by atoms with Crippen LogP contribution < -0.4 is 4.72 Å². The Morgan fingerprint density at radius 1 is 1.13 bits per heavy atom. The fourth-order valence-electron chi connectivity index (χ4n) is 3.28. The summed E-state index contributed by atoms with van der Waals surface area (Å²) in [5.74, 6) is -2.55. The van der Waals surface area contributed by atoms with Crippen molar-refractivity contribution in [2.45, 2.75) is 36.9 Å². The first kappa shape index (κ1) is 22.2. The summed E-state index contributed by atoms with van der Waals surface area (Å²) in [6.45, 7) is 1.46. The van der Waals surface area contributed by atoms with Crippen LogP contribution in [-0.2, 0) is 27.8 Å². The highest BCUT2D eigenvalue weighted by molar-refractivity contribution is 7.89. The molecule has 2 aromatic carbocycles. The molecule has 10 heteroatoms. The van der Waals surface area contributed by atoms with Gasteiger partial charge in [0.05, 0.1) is 4.90 Å². The zero-order valence-corrected chi connectivity index (χ0v) is 16.9. The number of nitrogens with one attached hydrogen (secondary N) is 1. The van der Waals surface area contributed by atoms with Crippen molar-refractivity contribution >= 4 is 15.9 Å². The topological polar surface area (TPSA) is 66.5 Å². The molecule has 0 saturated heterocycles. The maximum Gasteiger partial charge on any atom is 0.471 e. The van der Waals surface area contributed by atoms with E-state index in [-0.39, 0.29) is 36.9 Å². The number of benzene rings is 2. The highest BCUT2D eigenvalue weighted by Crippen LogP contribution is 2.27. The van der Waals surface area contributed by atoms with Gasteiger partial charge in [-0.25, -0.2) is 17.5 Å². The molecule has 1 amide bonds. The molecule has 0 bridgehead atoms. The minimum absolute atomic E-state index is 0.0593. The first-order valence-corrected chi connectivity index (χ1v) is 10.7. The van der Waals surface area contributed by atoms with Crippen molar-refractivity contribution < 1.29 is 30.8 Å². The lowest BCUT2D eigenvalue weighted by Crippen LogP contribution is -2.43. The van der Waals surface area contributed by atoms with Crippen molar-refractivity contribution in [3.8, 4) is 0 Å². The summed E-state index contributed by atoms with van der Waals surface area (Å²) in [6, 6.07) is 9.97. The molecule has 0 fully saturated rings. The Kier molecular flexibility index (Phi) is 6.19. The van der Waals surface area contributed by atoms with Crippen LogP contribution in [0, 0.1) is 5.82 Å². The van der Waals surface area contributed by atoms with Gasteiger partial charge in [-0.2, -0.15) is 13.2 Å². The predicted octanol–water partition coefficient (Wildman–Crippen LogP) is 3.35. The van der Waals surface area contributed by atoms with E-state index in [1.54, 1.807) is 25.1 Å². The standard InChI is InChI=1S/C20H20F4N2O3S/c1-13(14-2-5-17(21)6-3-14)11-25-30(28,29)18-7-4-15-8-9-26(12-16(15)10-18)19(27)20(22,23)24/h2-7,10,13,25H,8-9,11-12H2,1H3. The van der Waals surface area contributed by atoms with E-state index >= 15 is 0 Å². The van der Waals surface area contributed by atoms with E-state index in [9.17, 15) is 30.8 Å². The van der Waals surface area contributed by atoms with Gasteiger partial charge in [-0.3, -0.25) is 4.79 Å². The van der Waals surface area contributed by atoms with Crippen LogP contribution in [0.3, 0.4) is 0 Å². The summed E-state index contributed by atoms with van der Waals surface area (Å²) in [5.41, 5.74) is 1.83. The van der Waals surface area contributed by atoms with Crippen molar-refractivity contribution in [1.29, 1.82) is 0 Å². The zero-order chi connectivity index (χ0) is 22.1. The lowest BCUT2D eigenvalue weighted by Gasteiger charge is -2.29. The molecule has 5 nitrogen and oxygen atoms in total. The number of amides is 1. The van der Waals surface area contributed by atoms with E-state index < -0.39 is 27.9 Å². The molecule has 0 aromatic heterocycles. The fraction of sp³-hybridized carbons (Fsp3) is 0.350. The molecule has 1 atom stereocenters. The van der Waals surface area contributed by atoms with E-state index in [2.05, 4.69) is 4.72 Å². The van der Waals surface area contributed by atoms with Gasteiger partial charge in [-0.15, -0.1) is 0 Å². The number of carbonyl (C=O) groups excluding carboxylic acids is 1. The second-order valence-electron chi connectivity index (χ2n) is 7.21. The van der Waals surface area contributed by atoms with Gasteiger partial charge in [0.15, 0.2) is 0 Å². The average molecular weight is 444 g/mol. The number of hydrogen-bond acceptors (Lipinski definition) is 3. The molecule has 0 saturated carbocycles. The van der Waals surface area contributed by atoms with Crippen LogP contribution in [-0.4, -0.2) is 38.5 Å². The molecule has 1 aliphatic rings. The third kappa shape index (κ3) is 4.99. The first-order valence-electron chi connectivity index (χ1n) is 9.20. The fourth-order valence-corrected chi connectivity index (χ4v) is 4.46. The summed E-state index contributed by atoms with van der Waals surface area (Å²) >= 11 is 0. The molecule has 0 radical (unpaired) electrons. The third-order valence-corrected chi connectivity index (χ3v) is 6.47. The molecular formula is C20H20F4N2O3S. The first-order chi connectivity index (χ1) is 14.0. The number of rotatable bonds is 5. The number of alkyl halides is 3. The molecule has 1 unspecified atom stereocenters. The van der Waals surface area contributed by atoms with Crippen molar-refractivity contribution in [2.75, 3.05) is 13.1 Å². The number of halogens is 4. The third-order valence-electron chi connectivity index (χ3n) is 5.05. The van der Waals surface area contributed by atoms with Crippen LogP contribution in [0.25, 0.3) is 0 Å². The van der Waals surface area contributed by atoms with Crippen LogP contribution in [0.1, 0.15) is 29.5 Å². The Balaban J connectivity index is 1.73. The van der Waals surface area contributed by atoms with E-state index in [1.165, 1.54) is 24.3 Å². The molecule has 1 N–H and O–H groups in total. The predicted molar refractivity (Wildman–Crippen MR) is 102 cm³/mol. The summed E-state index contributed by atoms with van der Waals surface area (Å²) < 4.78 is 78.9. The maximum absolute atomic E-state index is 13.0. The Labute approximate surface area is 171 Å². The number of nitrogens with zero attached hydrogens (tertiary/aromatic N) is 1. The second kappa shape index (κ2) is 8.35. The van der Waals surface area contributed by atoms with E-state index in [1.807, 2.05) is 0 Å². The summed E-state index contributed by atoms with van der Waals surface area (Å²) in [6.07, 6.45) is -4.76. The highest BCUT2D eigenvalue weighted by Gasteiger charge is 2.43. The summed E-state index contributed by atoms with van der Waals surface area (Å²) in [5, 5.41) is 0. The average Bonchev–Trinajstić information content (AvgIpc) is 2.70. The van der Waals surface area contributed by atoms with Crippen LogP contribution in [0.4, 0.5) is 17.6 Å². The van der Waals surface area contributed by atoms with Gasteiger partial charge >= 0.3 is 12.1 Å². The molecule has 1 aliphatic heterocycles. The van der Waals surface area contributed by atoms with Gasteiger partial charge in [0.1, 0.15) is 5.82 Å². The second-order valence-corrected chi connectivity index (χ2v) is 8.98. The van der Waals surface area contributed by atoms with Gasteiger partial charge in [0.2, 0.25) is 10.0 Å². The van der Waals surface area contributed by atoms with Crippen molar-refractivity contribution in [3.63, 3.8) is 0 Å². The van der Waals surface area contributed by atoms with Crippen molar-refractivity contribution in [3.05, 3.63) is 65.0 Å². The zero-order valence-electron chi connectivity index (χ0n) is 16.0. The molecule has 30 heavy (non-hydrogen) atoms. The van der Waals surface area contributed by atoms with Crippen molar-refractivity contribution in [2.24, 2.45) is 0 Å². The van der Waals surface area contributed by atoms with Gasteiger partial charge < -0.3 is 4.90 Å². The minimum atomic E-state index is -4.97. The highest BCUT2D eigenvalue weighted by atomic mass is 32.2. The van der Waals surface area contributed by atoms with Gasteiger partial charge in [-0.05, 0) is 53.3 Å². The Morgan fingerprint density at radius 3 is 2.43 bits per heavy atom. The van der Waals surface area contributed by atoms with E-state index in [0.717, 1.165) is 5.56 Å². The van der Waals surface area contributed by atoms with Crippen LogP contribution in [0.15, 0.2) is 47.4 Å². The molecule has 2 aromatic rings. The van der Waals surface area contributed by atoms with E-state index in [0.29, 0.717) is 16.0 Å². The molecule has 0 aliphatic carbocycles. The van der Waals surface area contributed by atoms with Gasteiger partial charge in [-0.1, -0.05) is 25.1 Å².